The van der Waals surface area contributed by atoms with E-state index in [0.717, 1.165) is 33.8 Å². The molecule has 4 nitrogen and oxygen atoms in total. The third-order valence-electron chi connectivity index (χ3n) is 4.28. The molecule has 0 aliphatic rings. The molecule has 0 unspecified atom stereocenters. The van der Waals surface area contributed by atoms with Gasteiger partial charge in [0.1, 0.15) is 22.4 Å². The van der Waals surface area contributed by atoms with Crippen LogP contribution in [-0.4, -0.2) is 12.1 Å². The number of aryl methyl sites for hydroxylation is 3. The topological polar surface area (TPSA) is 57.9 Å². The fraction of sp³-hybridized carbons (Fsp3) is 0.182. The maximum Gasteiger partial charge on any atom is 0.136 e. The number of nitrogens with one attached hydrogen (secondary N) is 1. The molecule has 0 aliphatic carbocycles. The molecule has 3 aromatic rings. The summed E-state index contributed by atoms with van der Waals surface area (Å²) in [6.07, 6.45) is 1.74. The first-order chi connectivity index (χ1) is 13.0. The summed E-state index contributed by atoms with van der Waals surface area (Å²) in [5, 5.41) is 15.5. The van der Waals surface area contributed by atoms with Crippen LogP contribution < -0.4 is 10.1 Å². The minimum atomic E-state index is 0.513. The zero-order chi connectivity index (χ0) is 19.4. The van der Waals surface area contributed by atoms with Crippen LogP contribution in [0, 0.1) is 32.1 Å². The summed E-state index contributed by atoms with van der Waals surface area (Å²) in [6, 6.07) is 14.2. The standard InChI is InChI=1S/C22H21N3OS/c1-14-9-15(2)21(16(3)10-14)24-12-18(11-23)22-25-20(13-27-22)17-5-7-19(26-4)8-6-17/h5-10,12-13,24H,1-4H3/b18-12-. The van der Waals surface area contributed by atoms with E-state index in [4.69, 9.17) is 4.74 Å². The van der Waals surface area contributed by atoms with Gasteiger partial charge in [-0.3, -0.25) is 0 Å². The van der Waals surface area contributed by atoms with Gasteiger partial charge in [-0.15, -0.1) is 11.3 Å². The Morgan fingerprint density at radius 3 is 2.41 bits per heavy atom. The van der Waals surface area contributed by atoms with Crippen molar-refractivity contribution in [1.29, 1.82) is 5.26 Å². The van der Waals surface area contributed by atoms with Gasteiger partial charge in [0.15, 0.2) is 0 Å². The van der Waals surface area contributed by atoms with Gasteiger partial charge in [0.25, 0.3) is 0 Å². The Bertz CT molecular complexity index is 1000. The molecule has 0 bridgehead atoms. The highest BCUT2D eigenvalue weighted by atomic mass is 32.1. The van der Waals surface area contributed by atoms with Crippen LogP contribution in [0.25, 0.3) is 16.8 Å². The third kappa shape index (κ3) is 4.18. The molecule has 0 saturated heterocycles. The summed E-state index contributed by atoms with van der Waals surface area (Å²) < 4.78 is 5.19. The number of rotatable bonds is 5. The second kappa shape index (κ2) is 8.07. The predicted molar refractivity (Wildman–Crippen MR) is 112 cm³/mol. The molecule has 0 atom stereocenters. The third-order valence-corrected chi connectivity index (χ3v) is 5.15. The Hall–Kier alpha value is -3.10. The van der Waals surface area contributed by atoms with Gasteiger partial charge in [-0.05, 0) is 56.2 Å². The Kier molecular flexibility index (Phi) is 5.58. The molecule has 1 N–H and O–H groups in total. The number of thiazole rings is 1. The molecular formula is C22H21N3OS. The van der Waals surface area contributed by atoms with Gasteiger partial charge >= 0.3 is 0 Å². The fourth-order valence-corrected chi connectivity index (χ4v) is 3.78. The maximum absolute atomic E-state index is 9.58. The largest absolute Gasteiger partial charge is 0.497 e. The minimum absolute atomic E-state index is 0.513. The number of benzene rings is 2. The lowest BCUT2D eigenvalue weighted by Gasteiger charge is -2.11. The molecule has 5 heteroatoms. The van der Waals surface area contributed by atoms with Crippen LogP contribution in [0.4, 0.5) is 5.69 Å². The van der Waals surface area contributed by atoms with E-state index in [0.29, 0.717) is 10.6 Å². The van der Waals surface area contributed by atoms with Gasteiger partial charge in [-0.1, -0.05) is 17.7 Å². The van der Waals surface area contributed by atoms with Crippen molar-refractivity contribution < 1.29 is 4.74 Å². The van der Waals surface area contributed by atoms with E-state index in [-0.39, 0.29) is 0 Å². The highest BCUT2D eigenvalue weighted by Gasteiger charge is 2.10. The van der Waals surface area contributed by atoms with E-state index in [9.17, 15) is 5.26 Å². The molecule has 2 aromatic carbocycles. The van der Waals surface area contributed by atoms with Gasteiger partial charge in [0.05, 0.1) is 12.8 Å². The van der Waals surface area contributed by atoms with Crippen LogP contribution in [0.2, 0.25) is 0 Å². The lowest BCUT2D eigenvalue weighted by molar-refractivity contribution is 0.415. The van der Waals surface area contributed by atoms with E-state index >= 15 is 0 Å². The molecule has 27 heavy (non-hydrogen) atoms. The number of ether oxygens (including phenoxy) is 1. The molecule has 0 fully saturated rings. The smallest absolute Gasteiger partial charge is 0.136 e. The number of nitriles is 1. The number of anilines is 1. The van der Waals surface area contributed by atoms with Crippen molar-refractivity contribution in [3.8, 4) is 23.1 Å². The van der Waals surface area contributed by atoms with E-state index < -0.39 is 0 Å². The zero-order valence-corrected chi connectivity index (χ0v) is 16.6. The molecule has 0 saturated carbocycles. The molecule has 0 spiro atoms. The monoisotopic (exact) mass is 375 g/mol. The maximum atomic E-state index is 9.58. The Morgan fingerprint density at radius 1 is 1.15 bits per heavy atom. The van der Waals surface area contributed by atoms with Crippen molar-refractivity contribution in [2.75, 3.05) is 12.4 Å². The quantitative estimate of drug-likeness (QED) is 0.579. The average Bonchev–Trinajstić information content (AvgIpc) is 3.14. The molecule has 1 heterocycles. The van der Waals surface area contributed by atoms with Crippen molar-refractivity contribution in [3.05, 3.63) is 69.7 Å². The first-order valence-electron chi connectivity index (χ1n) is 8.57. The van der Waals surface area contributed by atoms with Gasteiger partial charge < -0.3 is 10.1 Å². The summed E-state index contributed by atoms with van der Waals surface area (Å²) >= 11 is 1.46. The summed E-state index contributed by atoms with van der Waals surface area (Å²) in [5.41, 5.74) is 6.91. The second-order valence-corrected chi connectivity index (χ2v) is 7.21. The van der Waals surface area contributed by atoms with Gasteiger partial charge in [-0.25, -0.2) is 4.98 Å². The van der Waals surface area contributed by atoms with Crippen LogP contribution in [-0.2, 0) is 0 Å². The van der Waals surface area contributed by atoms with Crippen molar-refractivity contribution in [2.45, 2.75) is 20.8 Å². The summed E-state index contributed by atoms with van der Waals surface area (Å²) in [7, 11) is 1.64. The van der Waals surface area contributed by atoms with Crippen molar-refractivity contribution in [3.63, 3.8) is 0 Å². The fourth-order valence-electron chi connectivity index (χ4n) is 2.99. The first kappa shape index (κ1) is 18.7. The molecule has 0 amide bonds. The predicted octanol–water partition coefficient (Wildman–Crippen LogP) is 5.72. The lowest BCUT2D eigenvalue weighted by atomic mass is 10.1. The van der Waals surface area contributed by atoms with E-state index in [1.54, 1.807) is 13.3 Å². The molecule has 3 rings (SSSR count). The zero-order valence-electron chi connectivity index (χ0n) is 15.8. The number of hydrogen-bond acceptors (Lipinski definition) is 5. The minimum Gasteiger partial charge on any atom is -0.497 e. The first-order valence-corrected chi connectivity index (χ1v) is 9.44. The molecule has 1 aromatic heterocycles. The summed E-state index contributed by atoms with van der Waals surface area (Å²) in [5.74, 6) is 0.805. The van der Waals surface area contributed by atoms with Gasteiger partial charge in [0, 0.05) is 22.8 Å². The normalized spacial score (nSPS) is 11.1. The van der Waals surface area contributed by atoms with E-state index in [1.807, 2.05) is 29.6 Å². The molecule has 136 valence electrons. The number of methoxy groups -OCH3 is 1. The summed E-state index contributed by atoms with van der Waals surface area (Å²) in [4.78, 5) is 4.63. The Labute approximate surface area is 163 Å². The number of nitrogens with zero attached hydrogens (tertiary/aromatic N) is 2. The van der Waals surface area contributed by atoms with Crippen molar-refractivity contribution in [1.82, 2.24) is 4.98 Å². The van der Waals surface area contributed by atoms with Gasteiger partial charge in [0.2, 0.25) is 0 Å². The number of aromatic nitrogens is 1. The van der Waals surface area contributed by atoms with Crippen LogP contribution in [0.5, 0.6) is 5.75 Å². The Morgan fingerprint density at radius 2 is 1.81 bits per heavy atom. The lowest BCUT2D eigenvalue weighted by Crippen LogP contribution is -1.97. The molecular weight excluding hydrogens is 354 g/mol. The SMILES string of the molecule is COc1ccc(-c2csc(/C(C#N)=C\Nc3c(C)cc(C)cc3C)n2)cc1. The average molecular weight is 375 g/mol. The van der Waals surface area contributed by atoms with Gasteiger partial charge in [-0.2, -0.15) is 5.26 Å². The van der Waals surface area contributed by atoms with Crippen LogP contribution in [0.3, 0.4) is 0 Å². The van der Waals surface area contributed by atoms with Crippen molar-refractivity contribution >= 4 is 22.6 Å². The number of hydrogen-bond donors (Lipinski definition) is 1. The number of allylic oxidation sites excluding steroid dienone is 1. The Balaban J connectivity index is 1.85. The highest BCUT2D eigenvalue weighted by Crippen LogP contribution is 2.28. The van der Waals surface area contributed by atoms with Crippen LogP contribution in [0.1, 0.15) is 21.7 Å². The van der Waals surface area contributed by atoms with Crippen LogP contribution >= 0.6 is 11.3 Å². The van der Waals surface area contributed by atoms with Crippen molar-refractivity contribution in [2.24, 2.45) is 0 Å². The summed E-state index contributed by atoms with van der Waals surface area (Å²) in [6.45, 7) is 6.21. The second-order valence-electron chi connectivity index (χ2n) is 6.35. The van der Waals surface area contributed by atoms with E-state index in [2.05, 4.69) is 49.3 Å². The van der Waals surface area contributed by atoms with Crippen LogP contribution in [0.15, 0.2) is 48.0 Å². The van der Waals surface area contributed by atoms with E-state index in [1.165, 1.54) is 16.9 Å². The molecule has 0 aliphatic heterocycles. The highest BCUT2D eigenvalue weighted by molar-refractivity contribution is 7.11. The molecule has 0 radical (unpaired) electrons.